The molecule has 0 aromatic carbocycles. The zero-order valence-corrected chi connectivity index (χ0v) is 12.3. The molecule has 3 heteroatoms. The van der Waals surface area contributed by atoms with Crippen molar-refractivity contribution in [1.82, 2.24) is 5.32 Å². The van der Waals surface area contributed by atoms with Gasteiger partial charge in [-0.3, -0.25) is 5.32 Å². The second kappa shape index (κ2) is 19.2. The molecule has 0 unspecified atom stereocenters. The Hall–Kier alpha value is -0.120. The summed E-state index contributed by atoms with van der Waals surface area (Å²) in [5.74, 6) is 0. The van der Waals surface area contributed by atoms with Gasteiger partial charge < -0.3 is 10.6 Å². The van der Waals surface area contributed by atoms with Gasteiger partial charge >= 0.3 is 0 Å². The predicted molar refractivity (Wildman–Crippen MR) is 79.8 cm³/mol. The number of aliphatic hydroxyl groups excluding tert-OH is 1. The van der Waals surface area contributed by atoms with Gasteiger partial charge in [-0.05, 0) is 13.0 Å². The molecular weight excluding hydrogens is 226 g/mol. The van der Waals surface area contributed by atoms with E-state index < -0.39 is 0 Å². The van der Waals surface area contributed by atoms with Gasteiger partial charge in [-0.25, -0.2) is 0 Å². The van der Waals surface area contributed by atoms with Gasteiger partial charge in [-0.15, -0.1) is 0 Å². The molecule has 0 fully saturated rings. The summed E-state index contributed by atoms with van der Waals surface area (Å²) in [7, 11) is 0. The zero-order chi connectivity index (χ0) is 12.6. The monoisotopic (exact) mass is 261 g/mol. The lowest BCUT2D eigenvalue weighted by molar-refractivity contribution is 0.260. The molecule has 0 rings (SSSR count). The molecule has 3 nitrogen and oxygen atoms in total. The van der Waals surface area contributed by atoms with E-state index >= 15 is 0 Å². The Kier molecular flexibility index (Phi) is 21.6. The average Bonchev–Trinajstić information content (AvgIpc) is 2.35. The number of rotatable bonds is 14. The zero-order valence-electron chi connectivity index (χ0n) is 12.3. The SMILES string of the molecule is CCCCCCCCCCCCCCNCO.O. The van der Waals surface area contributed by atoms with Crippen LogP contribution in [0.1, 0.15) is 84.0 Å². The fraction of sp³-hybridized carbons (Fsp3) is 1.00. The highest BCUT2D eigenvalue weighted by Gasteiger charge is 1.93. The highest BCUT2D eigenvalue weighted by atomic mass is 16.3. The van der Waals surface area contributed by atoms with Crippen LogP contribution in [0, 0.1) is 0 Å². The molecule has 18 heavy (non-hydrogen) atoms. The molecule has 0 heterocycles. The van der Waals surface area contributed by atoms with Gasteiger partial charge in [0.1, 0.15) is 0 Å². The van der Waals surface area contributed by atoms with Gasteiger partial charge in [0.2, 0.25) is 0 Å². The van der Waals surface area contributed by atoms with Crippen LogP contribution >= 0.6 is 0 Å². The number of hydrogen-bond donors (Lipinski definition) is 2. The summed E-state index contributed by atoms with van der Waals surface area (Å²) in [6.07, 6.45) is 16.7. The topological polar surface area (TPSA) is 63.8 Å². The third-order valence-electron chi connectivity index (χ3n) is 3.32. The van der Waals surface area contributed by atoms with E-state index in [0.29, 0.717) is 0 Å². The van der Waals surface area contributed by atoms with Gasteiger partial charge in [0.25, 0.3) is 0 Å². The van der Waals surface area contributed by atoms with Crippen molar-refractivity contribution in [2.24, 2.45) is 0 Å². The predicted octanol–water partition coefficient (Wildman–Crippen LogP) is 3.40. The third-order valence-corrected chi connectivity index (χ3v) is 3.32. The van der Waals surface area contributed by atoms with Crippen LogP contribution in [0.2, 0.25) is 0 Å². The van der Waals surface area contributed by atoms with Crippen LogP contribution in [-0.4, -0.2) is 23.9 Å². The third kappa shape index (κ3) is 18.3. The Labute approximate surface area is 114 Å². The summed E-state index contributed by atoms with van der Waals surface area (Å²) in [6, 6.07) is 0. The molecule has 0 amide bonds. The van der Waals surface area contributed by atoms with Gasteiger partial charge in [-0.2, -0.15) is 0 Å². The molecule has 0 radical (unpaired) electrons. The molecular formula is C15H35NO2. The molecule has 0 bridgehead atoms. The van der Waals surface area contributed by atoms with E-state index in [2.05, 4.69) is 12.2 Å². The molecule has 0 aromatic heterocycles. The van der Waals surface area contributed by atoms with Crippen molar-refractivity contribution in [1.29, 1.82) is 0 Å². The summed E-state index contributed by atoms with van der Waals surface area (Å²) in [4.78, 5) is 0. The minimum atomic E-state index is 0. The molecule has 0 aliphatic rings. The minimum absolute atomic E-state index is 0. The first-order chi connectivity index (χ1) is 8.41. The fourth-order valence-corrected chi connectivity index (χ4v) is 2.17. The molecule has 112 valence electrons. The second-order valence-corrected chi connectivity index (χ2v) is 5.05. The van der Waals surface area contributed by atoms with Crippen LogP contribution in [0.5, 0.6) is 0 Å². The normalized spacial score (nSPS) is 10.3. The van der Waals surface area contributed by atoms with Gasteiger partial charge in [-0.1, -0.05) is 77.6 Å². The maximum atomic E-state index is 8.53. The van der Waals surface area contributed by atoms with E-state index in [1.165, 1.54) is 77.0 Å². The average molecular weight is 261 g/mol. The van der Waals surface area contributed by atoms with E-state index in [1.807, 2.05) is 0 Å². The Morgan fingerprint density at radius 2 is 1.06 bits per heavy atom. The molecule has 0 spiro atoms. The standard InChI is InChI=1S/C15H33NO.H2O/c1-2-3-4-5-6-7-8-9-10-11-12-13-14-16-15-17;/h16-17H,2-15H2,1H3;1H2. The largest absolute Gasteiger partial charge is 0.412 e. The van der Waals surface area contributed by atoms with Crippen molar-refractivity contribution in [2.45, 2.75) is 84.0 Å². The molecule has 0 saturated carbocycles. The molecule has 0 aromatic rings. The molecule has 0 saturated heterocycles. The lowest BCUT2D eigenvalue weighted by Gasteiger charge is -2.03. The van der Waals surface area contributed by atoms with E-state index in [1.54, 1.807) is 0 Å². The van der Waals surface area contributed by atoms with Gasteiger partial charge in [0.05, 0.1) is 6.73 Å². The maximum absolute atomic E-state index is 8.53. The van der Waals surface area contributed by atoms with Crippen LogP contribution in [0.25, 0.3) is 0 Å². The smallest absolute Gasteiger partial charge is 0.0931 e. The van der Waals surface area contributed by atoms with Crippen LogP contribution in [-0.2, 0) is 0 Å². The Morgan fingerprint density at radius 3 is 1.44 bits per heavy atom. The number of unbranched alkanes of at least 4 members (excludes halogenated alkanes) is 11. The Balaban J connectivity index is 0. The summed E-state index contributed by atoms with van der Waals surface area (Å²) in [6.45, 7) is 3.36. The Morgan fingerprint density at radius 1 is 0.667 bits per heavy atom. The van der Waals surface area contributed by atoms with Crippen molar-refractivity contribution in [3.05, 3.63) is 0 Å². The van der Waals surface area contributed by atoms with Crippen molar-refractivity contribution >= 4 is 0 Å². The summed E-state index contributed by atoms with van der Waals surface area (Å²) >= 11 is 0. The lowest BCUT2D eigenvalue weighted by atomic mass is 10.1. The number of nitrogens with one attached hydrogen (secondary N) is 1. The summed E-state index contributed by atoms with van der Waals surface area (Å²) < 4.78 is 0. The highest BCUT2D eigenvalue weighted by molar-refractivity contribution is 4.49. The van der Waals surface area contributed by atoms with Crippen LogP contribution in [0.15, 0.2) is 0 Å². The van der Waals surface area contributed by atoms with Crippen molar-refractivity contribution < 1.29 is 10.6 Å². The van der Waals surface area contributed by atoms with Gasteiger partial charge in [0.15, 0.2) is 0 Å². The van der Waals surface area contributed by atoms with Crippen LogP contribution in [0.3, 0.4) is 0 Å². The Bertz CT molecular complexity index is 118. The molecule has 0 aliphatic carbocycles. The second-order valence-electron chi connectivity index (χ2n) is 5.05. The van der Waals surface area contributed by atoms with Crippen molar-refractivity contribution in [3.8, 4) is 0 Å². The van der Waals surface area contributed by atoms with Crippen LogP contribution in [0.4, 0.5) is 0 Å². The van der Waals surface area contributed by atoms with Gasteiger partial charge in [0, 0.05) is 0 Å². The van der Waals surface area contributed by atoms with E-state index in [9.17, 15) is 0 Å². The van der Waals surface area contributed by atoms with E-state index in [-0.39, 0.29) is 12.2 Å². The quantitative estimate of drug-likeness (QED) is 0.372. The highest BCUT2D eigenvalue weighted by Crippen LogP contribution is 2.11. The van der Waals surface area contributed by atoms with Crippen LogP contribution < -0.4 is 5.32 Å². The van der Waals surface area contributed by atoms with Crippen molar-refractivity contribution in [2.75, 3.05) is 13.3 Å². The minimum Gasteiger partial charge on any atom is -0.412 e. The van der Waals surface area contributed by atoms with E-state index in [0.717, 1.165) is 6.54 Å². The first-order valence-electron chi connectivity index (χ1n) is 7.73. The first-order valence-corrected chi connectivity index (χ1v) is 7.73. The fourth-order valence-electron chi connectivity index (χ4n) is 2.17. The van der Waals surface area contributed by atoms with Crippen molar-refractivity contribution in [3.63, 3.8) is 0 Å². The number of hydrogen-bond acceptors (Lipinski definition) is 2. The number of aliphatic hydroxyl groups is 1. The summed E-state index contributed by atoms with van der Waals surface area (Å²) in [5, 5.41) is 11.5. The molecule has 4 N–H and O–H groups in total. The van der Waals surface area contributed by atoms with E-state index in [4.69, 9.17) is 5.11 Å². The lowest BCUT2D eigenvalue weighted by Crippen LogP contribution is -2.15. The first kappa shape index (κ1) is 20.2. The molecule has 0 atom stereocenters. The molecule has 0 aliphatic heterocycles. The maximum Gasteiger partial charge on any atom is 0.0931 e. The summed E-state index contributed by atoms with van der Waals surface area (Å²) in [5.41, 5.74) is 0.